The van der Waals surface area contributed by atoms with Crippen LogP contribution in [0.15, 0.2) is 48.5 Å². The summed E-state index contributed by atoms with van der Waals surface area (Å²) >= 11 is 0. The van der Waals surface area contributed by atoms with E-state index in [1.807, 2.05) is 0 Å². The van der Waals surface area contributed by atoms with Crippen LogP contribution in [0.3, 0.4) is 0 Å². The number of rotatable bonds is 6. The Hall–Kier alpha value is -1.89. The topological polar surface area (TPSA) is 17.1 Å². The van der Waals surface area contributed by atoms with Crippen LogP contribution in [0, 0.1) is 13.8 Å². The Morgan fingerprint density at radius 1 is 0.708 bits per heavy atom. The Labute approximate surface area is 147 Å². The van der Waals surface area contributed by atoms with Gasteiger partial charge in [0.25, 0.3) is 0 Å². The highest BCUT2D eigenvalue weighted by Gasteiger charge is 2.44. The molecule has 2 aromatic carbocycles. The fourth-order valence-electron chi connectivity index (χ4n) is 3.44. The van der Waals surface area contributed by atoms with E-state index in [0.29, 0.717) is 5.78 Å². The molecular formula is C23H30O. The number of carbonyl (C=O) groups excluding carboxylic acids is 1. The van der Waals surface area contributed by atoms with Gasteiger partial charge in [-0.15, -0.1) is 0 Å². The third kappa shape index (κ3) is 3.17. The molecule has 0 amide bonds. The Balaban J connectivity index is 2.51. The first-order valence-corrected chi connectivity index (χ1v) is 8.97. The van der Waals surface area contributed by atoms with Crippen LogP contribution >= 0.6 is 0 Å². The third-order valence-corrected chi connectivity index (χ3v) is 5.79. The van der Waals surface area contributed by atoms with Crippen molar-refractivity contribution in [2.24, 2.45) is 0 Å². The number of hydrogen-bond acceptors (Lipinski definition) is 1. The molecule has 128 valence electrons. The van der Waals surface area contributed by atoms with Crippen molar-refractivity contribution in [1.82, 2.24) is 0 Å². The first-order valence-electron chi connectivity index (χ1n) is 8.97. The van der Waals surface area contributed by atoms with Crippen LogP contribution in [0.25, 0.3) is 0 Å². The molecule has 0 aliphatic rings. The van der Waals surface area contributed by atoms with Gasteiger partial charge in [0, 0.05) is 0 Å². The summed E-state index contributed by atoms with van der Waals surface area (Å²) in [5.41, 5.74) is 3.75. The van der Waals surface area contributed by atoms with Crippen molar-refractivity contribution in [2.75, 3.05) is 0 Å². The molecule has 0 saturated heterocycles. The van der Waals surface area contributed by atoms with Crippen LogP contribution < -0.4 is 0 Å². The van der Waals surface area contributed by atoms with Crippen LogP contribution in [0.2, 0.25) is 0 Å². The number of carbonyl (C=O) groups is 1. The Morgan fingerprint density at radius 2 is 1.00 bits per heavy atom. The number of aryl methyl sites for hydroxylation is 2. The van der Waals surface area contributed by atoms with Gasteiger partial charge in [0.2, 0.25) is 0 Å². The first-order chi connectivity index (χ1) is 11.3. The van der Waals surface area contributed by atoms with E-state index in [1.165, 1.54) is 11.1 Å². The molecule has 0 aromatic heterocycles. The molecule has 0 bridgehead atoms. The molecule has 0 N–H and O–H groups in total. The lowest BCUT2D eigenvalue weighted by Crippen LogP contribution is -2.45. The average Bonchev–Trinajstić information content (AvgIpc) is 2.61. The zero-order valence-electron chi connectivity index (χ0n) is 15.9. The molecule has 0 radical (unpaired) electrons. The van der Waals surface area contributed by atoms with Crippen molar-refractivity contribution in [3.63, 3.8) is 0 Å². The second kappa shape index (κ2) is 6.93. The molecule has 0 aliphatic carbocycles. The fraction of sp³-hybridized carbons (Fsp3) is 0.435. The summed E-state index contributed by atoms with van der Waals surface area (Å²) in [5, 5.41) is 0. The number of benzene rings is 2. The summed E-state index contributed by atoms with van der Waals surface area (Å²) in [7, 11) is 0. The van der Waals surface area contributed by atoms with Crippen molar-refractivity contribution in [3.8, 4) is 0 Å². The van der Waals surface area contributed by atoms with Crippen LogP contribution in [0.5, 0.6) is 0 Å². The second-order valence-corrected chi connectivity index (χ2v) is 7.43. The lowest BCUT2D eigenvalue weighted by atomic mass is 9.63. The molecule has 0 spiro atoms. The first kappa shape index (κ1) is 18.4. The molecule has 0 aliphatic heterocycles. The third-order valence-electron chi connectivity index (χ3n) is 5.79. The maximum Gasteiger partial charge on any atom is 0.153 e. The fourth-order valence-corrected chi connectivity index (χ4v) is 3.44. The van der Waals surface area contributed by atoms with Gasteiger partial charge in [-0.05, 0) is 51.7 Å². The highest BCUT2D eigenvalue weighted by atomic mass is 16.1. The summed E-state index contributed by atoms with van der Waals surface area (Å²) in [6.45, 7) is 12.6. The Kier molecular flexibility index (Phi) is 5.32. The highest BCUT2D eigenvalue weighted by molar-refractivity contribution is 5.98. The molecule has 1 nitrogen and oxygen atoms in total. The van der Waals surface area contributed by atoms with E-state index < -0.39 is 10.8 Å². The van der Waals surface area contributed by atoms with Crippen LogP contribution in [-0.4, -0.2) is 5.78 Å². The molecule has 0 fully saturated rings. The van der Waals surface area contributed by atoms with Crippen molar-refractivity contribution in [1.29, 1.82) is 0 Å². The molecule has 0 heterocycles. The Morgan fingerprint density at radius 3 is 1.25 bits per heavy atom. The van der Waals surface area contributed by atoms with E-state index in [2.05, 4.69) is 90.1 Å². The molecule has 2 unspecified atom stereocenters. The van der Waals surface area contributed by atoms with E-state index in [4.69, 9.17) is 0 Å². The molecular weight excluding hydrogens is 292 g/mol. The zero-order valence-corrected chi connectivity index (χ0v) is 15.9. The van der Waals surface area contributed by atoms with Gasteiger partial charge in [-0.1, -0.05) is 73.5 Å². The van der Waals surface area contributed by atoms with E-state index in [1.54, 1.807) is 0 Å². The van der Waals surface area contributed by atoms with E-state index >= 15 is 0 Å². The lowest BCUT2D eigenvalue weighted by Gasteiger charge is -2.38. The zero-order chi connectivity index (χ0) is 18.0. The maximum atomic E-state index is 13.7. The largest absolute Gasteiger partial charge is 0.298 e. The molecule has 2 rings (SSSR count). The second-order valence-electron chi connectivity index (χ2n) is 7.43. The van der Waals surface area contributed by atoms with Crippen LogP contribution in [-0.2, 0) is 15.6 Å². The van der Waals surface area contributed by atoms with Crippen LogP contribution in [0.4, 0.5) is 0 Å². The van der Waals surface area contributed by atoms with Crippen molar-refractivity contribution in [2.45, 2.75) is 65.2 Å². The maximum absolute atomic E-state index is 13.7. The quantitative estimate of drug-likeness (QED) is 0.646. The lowest BCUT2D eigenvalue weighted by molar-refractivity contribution is -0.129. The van der Waals surface area contributed by atoms with Gasteiger partial charge >= 0.3 is 0 Å². The van der Waals surface area contributed by atoms with E-state index in [-0.39, 0.29) is 0 Å². The summed E-state index contributed by atoms with van der Waals surface area (Å²) in [6.07, 6.45) is 1.60. The predicted octanol–water partition coefficient (Wildman–Crippen LogP) is 5.91. The minimum atomic E-state index is -0.469. The molecule has 24 heavy (non-hydrogen) atoms. The van der Waals surface area contributed by atoms with E-state index in [0.717, 1.165) is 24.0 Å². The number of Topliss-reactive ketones (excluding diaryl/α,β-unsaturated/α-hetero) is 1. The summed E-state index contributed by atoms with van der Waals surface area (Å²) in [6, 6.07) is 16.9. The minimum absolute atomic E-state index is 0.313. The van der Waals surface area contributed by atoms with E-state index in [9.17, 15) is 4.79 Å². The van der Waals surface area contributed by atoms with Gasteiger partial charge in [-0.2, -0.15) is 0 Å². The molecule has 1 heteroatoms. The van der Waals surface area contributed by atoms with Gasteiger partial charge < -0.3 is 0 Å². The van der Waals surface area contributed by atoms with Gasteiger partial charge in [0.1, 0.15) is 0 Å². The molecule has 0 saturated carbocycles. The normalized spacial score (nSPS) is 16.2. The van der Waals surface area contributed by atoms with Gasteiger partial charge in [-0.3, -0.25) is 4.79 Å². The predicted molar refractivity (Wildman–Crippen MR) is 103 cm³/mol. The number of ketones is 1. The smallest absolute Gasteiger partial charge is 0.153 e. The number of hydrogen-bond donors (Lipinski definition) is 0. The van der Waals surface area contributed by atoms with Gasteiger partial charge in [0.05, 0.1) is 10.8 Å². The summed E-state index contributed by atoms with van der Waals surface area (Å²) in [4.78, 5) is 13.7. The monoisotopic (exact) mass is 322 g/mol. The van der Waals surface area contributed by atoms with Crippen molar-refractivity contribution in [3.05, 3.63) is 70.8 Å². The standard InChI is InChI=1S/C23H30O/c1-7-22(5,19-13-9-17(3)10-14-19)21(24)23(6,8-2)20-15-11-18(4)12-16-20/h9-16H,7-8H2,1-6H3. The molecule has 2 atom stereocenters. The van der Waals surface area contributed by atoms with Gasteiger partial charge in [0.15, 0.2) is 5.78 Å². The SMILES string of the molecule is CCC(C)(C(=O)C(C)(CC)c1ccc(C)cc1)c1ccc(C)cc1. The average molecular weight is 322 g/mol. The minimum Gasteiger partial charge on any atom is -0.298 e. The van der Waals surface area contributed by atoms with Crippen molar-refractivity contribution >= 4 is 5.78 Å². The Bertz CT molecular complexity index is 634. The van der Waals surface area contributed by atoms with Gasteiger partial charge in [-0.25, -0.2) is 0 Å². The highest BCUT2D eigenvalue weighted by Crippen LogP contribution is 2.40. The molecule has 2 aromatic rings. The van der Waals surface area contributed by atoms with Crippen LogP contribution in [0.1, 0.15) is 62.8 Å². The summed E-state index contributed by atoms with van der Waals surface area (Å²) in [5.74, 6) is 0.313. The summed E-state index contributed by atoms with van der Waals surface area (Å²) < 4.78 is 0. The van der Waals surface area contributed by atoms with Crippen molar-refractivity contribution < 1.29 is 4.79 Å².